The van der Waals surface area contributed by atoms with Gasteiger partial charge in [0.2, 0.25) is 0 Å². The van der Waals surface area contributed by atoms with Gasteiger partial charge in [-0.3, -0.25) is 9.69 Å². The largest absolute Gasteiger partial charge is 0.491 e. The second-order valence-electron chi connectivity index (χ2n) is 8.92. The lowest BCUT2D eigenvalue weighted by Gasteiger charge is -2.32. The standard InChI is InChI=1S/C24H38N2O4/c1-25(21-8-4-3-5-9-21)16-19-7-6-10-23(15-19)30-18-22(27)17-26-13-11-20(12-14-26)24(28)29-2/h6-7,10,15,20-22,27H,3-5,8-9,11-14,16-18H2,1-2H3. The normalized spacial score (nSPS) is 20.3. The number of methoxy groups -OCH3 is 1. The van der Waals surface area contributed by atoms with Gasteiger partial charge < -0.3 is 19.5 Å². The molecule has 0 bridgehead atoms. The number of aliphatic hydroxyl groups is 1. The van der Waals surface area contributed by atoms with Crippen LogP contribution in [0.2, 0.25) is 0 Å². The number of likely N-dealkylation sites (tertiary alicyclic amines) is 1. The molecule has 1 unspecified atom stereocenters. The van der Waals surface area contributed by atoms with Crippen molar-refractivity contribution in [1.82, 2.24) is 9.80 Å². The van der Waals surface area contributed by atoms with Gasteiger partial charge in [0, 0.05) is 19.1 Å². The molecule has 6 nitrogen and oxygen atoms in total. The van der Waals surface area contributed by atoms with Crippen LogP contribution in [0.25, 0.3) is 0 Å². The number of piperidine rings is 1. The highest BCUT2D eigenvalue weighted by atomic mass is 16.5. The first-order chi connectivity index (χ1) is 14.5. The van der Waals surface area contributed by atoms with Gasteiger partial charge >= 0.3 is 5.97 Å². The number of nitrogens with zero attached hydrogens (tertiary/aromatic N) is 2. The second kappa shape index (κ2) is 11.7. The Labute approximate surface area is 181 Å². The molecule has 6 heteroatoms. The molecule has 2 aliphatic rings. The zero-order valence-electron chi connectivity index (χ0n) is 18.6. The second-order valence-corrected chi connectivity index (χ2v) is 8.92. The van der Waals surface area contributed by atoms with Crippen LogP contribution in [-0.2, 0) is 16.1 Å². The van der Waals surface area contributed by atoms with Crippen molar-refractivity contribution < 1.29 is 19.4 Å². The summed E-state index contributed by atoms with van der Waals surface area (Å²) in [4.78, 5) is 16.3. The maximum Gasteiger partial charge on any atom is 0.308 e. The minimum absolute atomic E-state index is 0.00544. The SMILES string of the molecule is COC(=O)C1CCN(CC(O)COc2cccc(CN(C)C3CCCCC3)c2)CC1. The Morgan fingerprint density at radius 2 is 1.93 bits per heavy atom. The van der Waals surface area contributed by atoms with Gasteiger partial charge in [-0.15, -0.1) is 0 Å². The number of benzene rings is 1. The summed E-state index contributed by atoms with van der Waals surface area (Å²) in [5, 5.41) is 10.4. The maximum atomic E-state index is 11.6. The molecule has 1 aromatic rings. The summed E-state index contributed by atoms with van der Waals surface area (Å²) < 4.78 is 10.7. The molecule has 1 heterocycles. The van der Waals surface area contributed by atoms with Crippen molar-refractivity contribution in [2.24, 2.45) is 5.92 Å². The highest BCUT2D eigenvalue weighted by Gasteiger charge is 2.26. The zero-order chi connectivity index (χ0) is 21.3. The number of ether oxygens (including phenoxy) is 2. The van der Waals surface area contributed by atoms with E-state index in [-0.39, 0.29) is 18.5 Å². The Morgan fingerprint density at radius 3 is 2.63 bits per heavy atom. The lowest BCUT2D eigenvalue weighted by Crippen LogP contribution is -2.42. The topological polar surface area (TPSA) is 62.2 Å². The van der Waals surface area contributed by atoms with E-state index in [1.54, 1.807) is 0 Å². The lowest BCUT2D eigenvalue weighted by molar-refractivity contribution is -0.147. The zero-order valence-corrected chi connectivity index (χ0v) is 18.6. The smallest absolute Gasteiger partial charge is 0.308 e. The molecule has 3 rings (SSSR count). The van der Waals surface area contributed by atoms with E-state index in [1.807, 2.05) is 12.1 Å². The number of esters is 1. The fraction of sp³-hybridized carbons (Fsp3) is 0.708. The van der Waals surface area contributed by atoms with Crippen LogP contribution in [0.1, 0.15) is 50.5 Å². The third kappa shape index (κ3) is 6.96. The molecular weight excluding hydrogens is 380 g/mol. The first-order valence-corrected chi connectivity index (χ1v) is 11.5. The Hall–Kier alpha value is -1.63. The lowest BCUT2D eigenvalue weighted by atomic mass is 9.94. The van der Waals surface area contributed by atoms with Gasteiger partial charge in [0.25, 0.3) is 0 Å². The Bertz CT molecular complexity index is 654. The van der Waals surface area contributed by atoms with Crippen molar-refractivity contribution >= 4 is 5.97 Å². The van der Waals surface area contributed by atoms with E-state index in [0.29, 0.717) is 12.6 Å². The van der Waals surface area contributed by atoms with Crippen LogP contribution in [0.5, 0.6) is 5.75 Å². The third-order valence-electron chi connectivity index (χ3n) is 6.56. The van der Waals surface area contributed by atoms with Gasteiger partial charge in [0.05, 0.1) is 13.0 Å². The number of aliphatic hydroxyl groups excluding tert-OH is 1. The van der Waals surface area contributed by atoms with E-state index < -0.39 is 6.10 Å². The van der Waals surface area contributed by atoms with E-state index >= 15 is 0 Å². The van der Waals surface area contributed by atoms with E-state index in [9.17, 15) is 9.90 Å². The third-order valence-corrected chi connectivity index (χ3v) is 6.56. The Morgan fingerprint density at radius 1 is 1.20 bits per heavy atom. The van der Waals surface area contributed by atoms with Crippen molar-refractivity contribution in [3.05, 3.63) is 29.8 Å². The highest BCUT2D eigenvalue weighted by molar-refractivity contribution is 5.72. The molecule has 2 fully saturated rings. The monoisotopic (exact) mass is 418 g/mol. The summed E-state index contributed by atoms with van der Waals surface area (Å²) in [5.74, 6) is 0.690. The summed E-state index contributed by atoms with van der Waals surface area (Å²) in [6.45, 7) is 3.38. The van der Waals surface area contributed by atoms with Crippen LogP contribution in [0.3, 0.4) is 0 Å². The molecule has 1 N–H and O–H groups in total. The summed E-state index contributed by atoms with van der Waals surface area (Å²) in [6, 6.07) is 8.91. The highest BCUT2D eigenvalue weighted by Crippen LogP contribution is 2.24. The molecule has 0 amide bonds. The van der Waals surface area contributed by atoms with Crippen LogP contribution < -0.4 is 4.74 Å². The molecule has 0 aromatic heterocycles. The number of hydrogen-bond acceptors (Lipinski definition) is 6. The van der Waals surface area contributed by atoms with Gasteiger partial charge in [-0.25, -0.2) is 0 Å². The van der Waals surface area contributed by atoms with Gasteiger partial charge in [-0.1, -0.05) is 31.4 Å². The van der Waals surface area contributed by atoms with Gasteiger partial charge in [-0.05, 0) is 63.5 Å². The molecule has 30 heavy (non-hydrogen) atoms. The molecule has 1 atom stereocenters. The molecule has 1 aliphatic heterocycles. The van der Waals surface area contributed by atoms with Crippen molar-refractivity contribution in [3.63, 3.8) is 0 Å². The van der Waals surface area contributed by atoms with Gasteiger partial charge in [-0.2, -0.15) is 0 Å². The minimum atomic E-state index is -0.548. The molecule has 1 saturated heterocycles. The average molecular weight is 419 g/mol. The van der Waals surface area contributed by atoms with Crippen LogP contribution >= 0.6 is 0 Å². The molecule has 1 aromatic carbocycles. The molecule has 0 radical (unpaired) electrons. The van der Waals surface area contributed by atoms with Gasteiger partial charge in [0.15, 0.2) is 0 Å². The fourth-order valence-electron chi connectivity index (χ4n) is 4.73. The van der Waals surface area contributed by atoms with Crippen molar-refractivity contribution in [1.29, 1.82) is 0 Å². The number of β-amino-alcohol motifs (C(OH)–C–C–N with tert-alkyl or cyclic N) is 1. The number of carbonyl (C=O) groups excluding carboxylic acids is 1. The van der Waals surface area contributed by atoms with E-state index in [1.165, 1.54) is 44.8 Å². The van der Waals surface area contributed by atoms with Crippen LogP contribution in [0.4, 0.5) is 0 Å². The van der Waals surface area contributed by atoms with E-state index in [0.717, 1.165) is 38.2 Å². The van der Waals surface area contributed by atoms with Crippen LogP contribution in [-0.4, -0.2) is 73.4 Å². The van der Waals surface area contributed by atoms with Crippen molar-refractivity contribution in [2.75, 3.05) is 40.4 Å². The first kappa shape index (κ1) is 23.0. The van der Waals surface area contributed by atoms with E-state index in [2.05, 4.69) is 29.0 Å². The maximum absolute atomic E-state index is 11.6. The van der Waals surface area contributed by atoms with Crippen molar-refractivity contribution in [2.45, 2.75) is 63.6 Å². The summed E-state index contributed by atoms with van der Waals surface area (Å²) >= 11 is 0. The average Bonchev–Trinajstić information content (AvgIpc) is 2.78. The molecule has 168 valence electrons. The number of rotatable bonds is 9. The van der Waals surface area contributed by atoms with Gasteiger partial charge in [0.1, 0.15) is 18.5 Å². The van der Waals surface area contributed by atoms with Crippen molar-refractivity contribution in [3.8, 4) is 5.75 Å². The van der Waals surface area contributed by atoms with Crippen LogP contribution in [0.15, 0.2) is 24.3 Å². The molecular formula is C24H38N2O4. The summed E-state index contributed by atoms with van der Waals surface area (Å²) in [6.07, 6.45) is 7.69. The van der Waals surface area contributed by atoms with Crippen LogP contribution in [0, 0.1) is 5.92 Å². The molecule has 1 aliphatic carbocycles. The predicted molar refractivity (Wildman–Crippen MR) is 117 cm³/mol. The Kier molecular flexibility index (Phi) is 8.97. The molecule has 1 saturated carbocycles. The first-order valence-electron chi connectivity index (χ1n) is 11.5. The quantitative estimate of drug-likeness (QED) is 0.622. The predicted octanol–water partition coefficient (Wildman–Crippen LogP) is 3.08. The fourth-order valence-corrected chi connectivity index (χ4v) is 4.73. The van der Waals surface area contributed by atoms with E-state index in [4.69, 9.17) is 9.47 Å². The number of carbonyl (C=O) groups is 1. The molecule has 0 spiro atoms. The Balaban J connectivity index is 1.40. The summed E-state index contributed by atoms with van der Waals surface area (Å²) in [5.41, 5.74) is 1.25. The minimum Gasteiger partial charge on any atom is -0.491 e. The summed E-state index contributed by atoms with van der Waals surface area (Å²) in [7, 11) is 3.66. The number of hydrogen-bond donors (Lipinski definition) is 1.